The number of hydrogen-bond donors (Lipinski definition) is 2. The molecule has 0 aromatic carbocycles. The summed E-state index contributed by atoms with van der Waals surface area (Å²) < 4.78 is 0. The van der Waals surface area contributed by atoms with Crippen molar-refractivity contribution in [2.75, 3.05) is 0 Å². The molecule has 2 heteroatoms. The molecule has 0 aromatic rings. The SMILES string of the molecule is N[C@@H]1C[C@H]2CC[C@@H]1[C@@H](O)C2. The summed E-state index contributed by atoms with van der Waals surface area (Å²) >= 11 is 0. The largest absolute Gasteiger partial charge is 0.393 e. The van der Waals surface area contributed by atoms with Crippen molar-refractivity contribution in [3.05, 3.63) is 0 Å². The molecule has 0 aromatic heterocycles. The van der Waals surface area contributed by atoms with E-state index < -0.39 is 0 Å². The number of rotatable bonds is 0. The van der Waals surface area contributed by atoms with Crippen LogP contribution in [0.4, 0.5) is 0 Å². The highest BCUT2D eigenvalue weighted by molar-refractivity contribution is 4.93. The monoisotopic (exact) mass is 141 g/mol. The molecule has 0 saturated heterocycles. The third-order valence-corrected chi connectivity index (χ3v) is 3.13. The van der Waals surface area contributed by atoms with Crippen LogP contribution >= 0.6 is 0 Å². The second-order valence-corrected chi connectivity index (χ2v) is 3.81. The van der Waals surface area contributed by atoms with E-state index in [1.54, 1.807) is 0 Å². The molecule has 3 aliphatic rings. The van der Waals surface area contributed by atoms with Gasteiger partial charge in [-0.2, -0.15) is 0 Å². The lowest BCUT2D eigenvalue weighted by atomic mass is 9.66. The van der Waals surface area contributed by atoms with E-state index in [9.17, 15) is 5.11 Å². The number of aliphatic hydroxyl groups is 1. The van der Waals surface area contributed by atoms with Crippen molar-refractivity contribution in [1.82, 2.24) is 0 Å². The first-order chi connectivity index (χ1) is 4.77. The lowest BCUT2D eigenvalue weighted by Gasteiger charge is -2.43. The Morgan fingerprint density at radius 1 is 1.20 bits per heavy atom. The summed E-state index contributed by atoms with van der Waals surface area (Å²) in [5.41, 5.74) is 5.85. The maximum atomic E-state index is 9.49. The van der Waals surface area contributed by atoms with Crippen molar-refractivity contribution in [1.29, 1.82) is 0 Å². The highest BCUT2D eigenvalue weighted by atomic mass is 16.3. The third-order valence-electron chi connectivity index (χ3n) is 3.13. The Morgan fingerprint density at radius 2 is 2.00 bits per heavy atom. The van der Waals surface area contributed by atoms with E-state index >= 15 is 0 Å². The minimum atomic E-state index is -0.0810. The van der Waals surface area contributed by atoms with Crippen LogP contribution in [0.1, 0.15) is 25.7 Å². The Morgan fingerprint density at radius 3 is 2.40 bits per heavy atom. The lowest BCUT2D eigenvalue weighted by molar-refractivity contribution is -0.0104. The van der Waals surface area contributed by atoms with Crippen molar-refractivity contribution in [3.63, 3.8) is 0 Å². The van der Waals surface area contributed by atoms with E-state index in [0.717, 1.165) is 25.2 Å². The minimum absolute atomic E-state index is 0.0810. The van der Waals surface area contributed by atoms with Gasteiger partial charge in [0.25, 0.3) is 0 Å². The summed E-state index contributed by atoms with van der Waals surface area (Å²) in [6.07, 6.45) is 4.55. The summed E-state index contributed by atoms with van der Waals surface area (Å²) in [7, 11) is 0. The van der Waals surface area contributed by atoms with Gasteiger partial charge in [-0.3, -0.25) is 0 Å². The Bertz CT molecular complexity index is 125. The second-order valence-electron chi connectivity index (χ2n) is 3.81. The van der Waals surface area contributed by atoms with E-state index in [0.29, 0.717) is 12.0 Å². The second kappa shape index (κ2) is 2.21. The van der Waals surface area contributed by atoms with Crippen molar-refractivity contribution < 1.29 is 5.11 Å². The molecule has 3 saturated carbocycles. The van der Waals surface area contributed by atoms with Crippen molar-refractivity contribution in [2.24, 2.45) is 17.6 Å². The number of fused-ring (bicyclic) bond motifs is 3. The third kappa shape index (κ3) is 0.867. The molecule has 0 amide bonds. The molecule has 0 heterocycles. The van der Waals surface area contributed by atoms with Gasteiger partial charge in [-0.05, 0) is 37.5 Å². The molecule has 3 aliphatic carbocycles. The highest BCUT2D eigenvalue weighted by Gasteiger charge is 2.39. The standard InChI is InChI=1S/C8H15NO/c9-7-3-5-1-2-6(7)8(10)4-5/h5-8,10H,1-4,9H2/t5-,6+,7-,8+/m1/s1. The van der Waals surface area contributed by atoms with Crippen molar-refractivity contribution >= 4 is 0 Å². The maximum Gasteiger partial charge on any atom is 0.0585 e. The van der Waals surface area contributed by atoms with Gasteiger partial charge in [0.2, 0.25) is 0 Å². The van der Waals surface area contributed by atoms with E-state index in [2.05, 4.69) is 0 Å². The molecule has 0 unspecified atom stereocenters. The molecule has 3 N–H and O–H groups in total. The zero-order valence-electron chi connectivity index (χ0n) is 6.16. The van der Waals surface area contributed by atoms with Crippen LogP contribution in [-0.4, -0.2) is 17.3 Å². The molecule has 0 spiro atoms. The van der Waals surface area contributed by atoms with Gasteiger partial charge in [0.1, 0.15) is 0 Å². The van der Waals surface area contributed by atoms with Gasteiger partial charge in [-0.15, -0.1) is 0 Å². The lowest BCUT2D eigenvalue weighted by Crippen LogP contribution is -2.48. The van der Waals surface area contributed by atoms with Crippen LogP contribution in [0.3, 0.4) is 0 Å². The molecular formula is C8H15NO. The Balaban J connectivity index is 2.11. The molecular weight excluding hydrogens is 126 g/mol. The predicted octanol–water partition coefficient (Wildman–Crippen LogP) is 0.495. The van der Waals surface area contributed by atoms with Crippen LogP contribution in [-0.2, 0) is 0 Å². The molecule has 0 radical (unpaired) electrons. The molecule has 10 heavy (non-hydrogen) atoms. The van der Waals surface area contributed by atoms with Gasteiger partial charge in [0.15, 0.2) is 0 Å². The molecule has 2 bridgehead atoms. The molecule has 0 aliphatic heterocycles. The first-order valence-electron chi connectivity index (χ1n) is 4.21. The van der Waals surface area contributed by atoms with Crippen LogP contribution in [0, 0.1) is 11.8 Å². The van der Waals surface area contributed by atoms with Gasteiger partial charge in [0, 0.05) is 6.04 Å². The van der Waals surface area contributed by atoms with Gasteiger partial charge >= 0.3 is 0 Å². The normalized spacial score (nSPS) is 53.4. The van der Waals surface area contributed by atoms with Crippen molar-refractivity contribution in [3.8, 4) is 0 Å². The molecule has 2 nitrogen and oxygen atoms in total. The van der Waals surface area contributed by atoms with E-state index in [4.69, 9.17) is 5.73 Å². The average molecular weight is 141 g/mol. The van der Waals surface area contributed by atoms with Crippen LogP contribution < -0.4 is 5.73 Å². The Labute approximate surface area is 61.4 Å². The number of hydrogen-bond acceptors (Lipinski definition) is 2. The van der Waals surface area contributed by atoms with Crippen molar-refractivity contribution in [2.45, 2.75) is 37.8 Å². The fourth-order valence-corrected chi connectivity index (χ4v) is 2.53. The summed E-state index contributed by atoms with van der Waals surface area (Å²) in [5, 5.41) is 9.49. The molecule has 3 fully saturated rings. The Kier molecular flexibility index (Phi) is 1.46. The van der Waals surface area contributed by atoms with E-state index in [1.807, 2.05) is 0 Å². The summed E-state index contributed by atoms with van der Waals surface area (Å²) in [4.78, 5) is 0. The van der Waals surface area contributed by atoms with E-state index in [-0.39, 0.29) is 6.10 Å². The summed E-state index contributed by atoms with van der Waals surface area (Å²) in [5.74, 6) is 1.15. The first kappa shape index (κ1) is 6.62. The fourth-order valence-electron chi connectivity index (χ4n) is 2.53. The number of nitrogens with two attached hydrogens (primary N) is 1. The van der Waals surface area contributed by atoms with Crippen LogP contribution in [0.25, 0.3) is 0 Å². The van der Waals surface area contributed by atoms with E-state index in [1.165, 1.54) is 6.42 Å². The molecule has 58 valence electrons. The topological polar surface area (TPSA) is 46.2 Å². The minimum Gasteiger partial charge on any atom is -0.393 e. The quantitative estimate of drug-likeness (QED) is 0.516. The van der Waals surface area contributed by atoms with Crippen LogP contribution in [0.2, 0.25) is 0 Å². The van der Waals surface area contributed by atoms with Gasteiger partial charge in [-0.25, -0.2) is 0 Å². The summed E-state index contributed by atoms with van der Waals surface area (Å²) in [6, 6.07) is 0.294. The fraction of sp³-hybridized carbons (Fsp3) is 1.00. The zero-order valence-corrected chi connectivity index (χ0v) is 6.16. The van der Waals surface area contributed by atoms with Gasteiger partial charge in [0.05, 0.1) is 6.10 Å². The van der Waals surface area contributed by atoms with Gasteiger partial charge in [-0.1, -0.05) is 0 Å². The first-order valence-corrected chi connectivity index (χ1v) is 4.21. The summed E-state index contributed by atoms with van der Waals surface area (Å²) in [6.45, 7) is 0. The Hall–Kier alpha value is -0.0800. The smallest absolute Gasteiger partial charge is 0.0585 e. The average Bonchev–Trinajstić information content (AvgIpc) is 1.86. The number of aliphatic hydroxyl groups excluding tert-OH is 1. The zero-order chi connectivity index (χ0) is 7.14. The maximum absolute atomic E-state index is 9.49. The van der Waals surface area contributed by atoms with Crippen LogP contribution in [0.15, 0.2) is 0 Å². The predicted molar refractivity (Wildman–Crippen MR) is 39.4 cm³/mol. The molecule has 3 rings (SSSR count). The highest BCUT2D eigenvalue weighted by Crippen LogP contribution is 2.40. The van der Waals surface area contributed by atoms with Crippen LogP contribution in [0.5, 0.6) is 0 Å². The van der Waals surface area contributed by atoms with Gasteiger partial charge < -0.3 is 10.8 Å². The molecule has 4 atom stereocenters.